The van der Waals surface area contributed by atoms with Crippen LogP contribution in [-0.2, 0) is 4.74 Å². The van der Waals surface area contributed by atoms with Gasteiger partial charge in [-0.3, -0.25) is 0 Å². The Morgan fingerprint density at radius 2 is 1.85 bits per heavy atom. The molecule has 0 saturated carbocycles. The molecule has 1 heterocycles. The van der Waals surface area contributed by atoms with Gasteiger partial charge in [0.05, 0.1) is 38.3 Å². The van der Waals surface area contributed by atoms with Crippen molar-refractivity contribution in [3.05, 3.63) is 35.4 Å². The molecule has 2 rings (SSSR count). The first-order valence-electron chi connectivity index (χ1n) is 11.3. The van der Waals surface area contributed by atoms with Crippen LogP contribution in [0.5, 0.6) is 0 Å². The molecule has 1 saturated heterocycles. The quantitative estimate of drug-likeness (QED) is 0.571. The van der Waals surface area contributed by atoms with Crippen LogP contribution < -0.4 is 10.2 Å². The van der Waals surface area contributed by atoms with E-state index in [0.717, 1.165) is 12.5 Å². The molecule has 27 heavy (non-hydrogen) atoms. The van der Waals surface area contributed by atoms with Crippen molar-refractivity contribution < 1.29 is 15.0 Å². The van der Waals surface area contributed by atoms with Crippen LogP contribution in [0.3, 0.4) is 0 Å². The van der Waals surface area contributed by atoms with E-state index < -0.39 is 0 Å². The molecule has 1 fully saturated rings. The summed E-state index contributed by atoms with van der Waals surface area (Å²) in [5.41, 5.74) is 2.92. The van der Waals surface area contributed by atoms with E-state index in [1.807, 2.05) is 0 Å². The summed E-state index contributed by atoms with van der Waals surface area (Å²) in [4.78, 5) is 1.73. The van der Waals surface area contributed by atoms with Crippen molar-refractivity contribution in [2.45, 2.75) is 71.8 Å². The van der Waals surface area contributed by atoms with Crippen molar-refractivity contribution in [2.75, 3.05) is 39.3 Å². The van der Waals surface area contributed by atoms with Crippen LogP contribution in [0.4, 0.5) is 0 Å². The van der Waals surface area contributed by atoms with Crippen molar-refractivity contribution >= 4 is 0 Å². The minimum Gasteiger partial charge on any atom is -0.376 e. The number of ether oxygens (including phenoxy) is 1. The average molecular weight is 377 g/mol. The Morgan fingerprint density at radius 1 is 1.15 bits per heavy atom. The third-order valence-corrected chi connectivity index (χ3v) is 6.43. The van der Waals surface area contributed by atoms with Gasteiger partial charge in [0.1, 0.15) is 0 Å². The van der Waals surface area contributed by atoms with Gasteiger partial charge < -0.3 is 15.0 Å². The normalized spacial score (nSPS) is 20.7. The Kier molecular flexibility index (Phi) is 9.28. The average Bonchev–Trinajstić information content (AvgIpc) is 2.64. The molecule has 0 radical (unpaired) electrons. The van der Waals surface area contributed by atoms with Gasteiger partial charge in [-0.15, -0.1) is 0 Å². The predicted octanol–water partition coefficient (Wildman–Crippen LogP) is 2.55. The Hall–Kier alpha value is -0.900. The summed E-state index contributed by atoms with van der Waals surface area (Å²) in [7, 11) is 0. The molecule has 3 nitrogen and oxygen atoms in total. The number of nitrogens with two attached hydrogens (primary N) is 1. The third kappa shape index (κ3) is 7.56. The van der Waals surface area contributed by atoms with E-state index in [1.54, 1.807) is 4.90 Å². The molecular weight excluding hydrogens is 332 g/mol. The third-order valence-electron chi connectivity index (χ3n) is 6.43. The maximum Gasteiger partial charge on any atom is 0.0825 e. The molecule has 3 heteroatoms. The van der Waals surface area contributed by atoms with Gasteiger partial charge in [-0.1, -0.05) is 29.8 Å². The highest BCUT2D eigenvalue weighted by Crippen LogP contribution is 2.39. The van der Waals surface area contributed by atoms with Crippen LogP contribution in [0.25, 0.3) is 0 Å². The zero-order valence-corrected chi connectivity index (χ0v) is 18.5. The summed E-state index contributed by atoms with van der Waals surface area (Å²) < 4.78 is 5.99. The fourth-order valence-electron chi connectivity index (χ4n) is 4.65. The van der Waals surface area contributed by atoms with Crippen molar-refractivity contribution in [1.29, 1.82) is 0 Å². The van der Waals surface area contributed by atoms with Crippen LogP contribution in [0.1, 0.15) is 70.4 Å². The highest BCUT2D eigenvalue weighted by atomic mass is 16.5. The minimum absolute atomic E-state index is 0.0299. The second-order valence-corrected chi connectivity index (χ2v) is 9.09. The van der Waals surface area contributed by atoms with Crippen LogP contribution >= 0.6 is 0 Å². The number of aryl methyl sites for hydroxylation is 1. The highest BCUT2D eigenvalue weighted by molar-refractivity contribution is 5.25. The first-order chi connectivity index (χ1) is 12.9. The van der Waals surface area contributed by atoms with Gasteiger partial charge in [-0.05, 0) is 64.9 Å². The molecule has 154 valence electrons. The van der Waals surface area contributed by atoms with E-state index in [1.165, 1.54) is 69.5 Å². The van der Waals surface area contributed by atoms with E-state index in [9.17, 15) is 0 Å². The van der Waals surface area contributed by atoms with Crippen molar-refractivity contribution in [3.8, 4) is 0 Å². The van der Waals surface area contributed by atoms with Gasteiger partial charge in [-0.2, -0.15) is 0 Å². The maximum absolute atomic E-state index is 5.99. The summed E-state index contributed by atoms with van der Waals surface area (Å²) in [5, 5.41) is 2.55. The van der Waals surface area contributed by atoms with E-state index in [2.05, 4.69) is 64.2 Å². The lowest BCUT2D eigenvalue weighted by Gasteiger charge is -2.39. The van der Waals surface area contributed by atoms with Crippen LogP contribution in [0, 0.1) is 12.8 Å². The topological polar surface area (TPSA) is 30.3 Å². The molecule has 0 spiro atoms. The fraction of sp³-hybridized carbons (Fsp3) is 0.750. The largest absolute Gasteiger partial charge is 0.376 e. The minimum atomic E-state index is 0.0299. The molecule has 1 aromatic rings. The SMILES string of the molecule is CC[NH+](CC)CCC[NH2+]CC[C@@H](c1ccc(C)cc1)[C@@H]1CCOC(C)(C)C1. The maximum atomic E-state index is 5.99. The molecule has 0 bridgehead atoms. The molecule has 1 aliphatic rings. The second-order valence-electron chi connectivity index (χ2n) is 9.09. The smallest absolute Gasteiger partial charge is 0.0825 e. The van der Waals surface area contributed by atoms with Gasteiger partial charge >= 0.3 is 0 Å². The van der Waals surface area contributed by atoms with E-state index in [4.69, 9.17) is 4.74 Å². The van der Waals surface area contributed by atoms with Crippen LogP contribution in [-0.4, -0.2) is 44.9 Å². The summed E-state index contributed by atoms with van der Waals surface area (Å²) in [5.74, 6) is 1.41. The van der Waals surface area contributed by atoms with Crippen molar-refractivity contribution in [2.24, 2.45) is 5.92 Å². The number of nitrogens with one attached hydrogen (secondary N) is 1. The lowest BCUT2D eigenvalue weighted by Crippen LogP contribution is -3.11. The van der Waals surface area contributed by atoms with E-state index in [-0.39, 0.29) is 5.60 Å². The Balaban J connectivity index is 1.88. The van der Waals surface area contributed by atoms with E-state index >= 15 is 0 Å². The van der Waals surface area contributed by atoms with Gasteiger partial charge in [0, 0.05) is 19.4 Å². The van der Waals surface area contributed by atoms with Gasteiger partial charge in [0.15, 0.2) is 0 Å². The van der Waals surface area contributed by atoms with Crippen molar-refractivity contribution in [3.63, 3.8) is 0 Å². The predicted molar refractivity (Wildman–Crippen MR) is 114 cm³/mol. The Labute approximate surface area is 167 Å². The number of benzene rings is 1. The van der Waals surface area contributed by atoms with Gasteiger partial charge in [0.2, 0.25) is 0 Å². The monoisotopic (exact) mass is 376 g/mol. The lowest BCUT2D eigenvalue weighted by atomic mass is 9.75. The second kappa shape index (κ2) is 11.2. The van der Waals surface area contributed by atoms with E-state index in [0.29, 0.717) is 5.92 Å². The summed E-state index contributed by atoms with van der Waals surface area (Å²) in [6.07, 6.45) is 4.99. The van der Waals surface area contributed by atoms with Gasteiger partial charge in [0.25, 0.3) is 0 Å². The Morgan fingerprint density at radius 3 is 2.48 bits per heavy atom. The molecule has 0 aromatic heterocycles. The molecule has 2 atom stereocenters. The fourth-order valence-corrected chi connectivity index (χ4v) is 4.65. The first-order valence-corrected chi connectivity index (χ1v) is 11.3. The number of rotatable bonds is 11. The lowest BCUT2D eigenvalue weighted by molar-refractivity contribution is -0.898. The summed E-state index contributed by atoms with van der Waals surface area (Å²) >= 11 is 0. The molecule has 0 amide bonds. The molecule has 1 aliphatic heterocycles. The van der Waals surface area contributed by atoms with Gasteiger partial charge in [-0.25, -0.2) is 0 Å². The zero-order chi connectivity index (χ0) is 19.7. The summed E-state index contributed by atoms with van der Waals surface area (Å²) in [6.45, 7) is 18.5. The molecular formula is C24H44N2O+2. The molecule has 1 aromatic carbocycles. The molecule has 0 aliphatic carbocycles. The Bertz CT molecular complexity index is 522. The first kappa shape index (κ1) is 22.4. The summed E-state index contributed by atoms with van der Waals surface area (Å²) in [6, 6.07) is 9.30. The number of quaternary nitrogens is 2. The molecule has 3 N–H and O–H groups in total. The standard InChI is InChI=1S/C24H42N2O/c1-6-26(7-2)17-8-15-25-16-13-23(21-11-9-20(3)10-12-21)22-14-18-27-24(4,5)19-22/h9-12,22-23,25H,6-8,13-19H2,1-5H3/p+2/t22-,23+/m1/s1. The van der Waals surface area contributed by atoms with Crippen LogP contribution in [0.2, 0.25) is 0 Å². The number of hydrogen-bond acceptors (Lipinski definition) is 1. The molecule has 0 unspecified atom stereocenters. The van der Waals surface area contributed by atoms with Crippen molar-refractivity contribution in [1.82, 2.24) is 0 Å². The van der Waals surface area contributed by atoms with Crippen LogP contribution in [0.15, 0.2) is 24.3 Å². The zero-order valence-electron chi connectivity index (χ0n) is 18.5. The highest BCUT2D eigenvalue weighted by Gasteiger charge is 2.34. The number of hydrogen-bond donors (Lipinski definition) is 2.